The Morgan fingerprint density at radius 1 is 1.39 bits per heavy atom. The molecule has 94 valence electrons. The number of hydrogen-bond donors (Lipinski definition) is 1. The Kier molecular flexibility index (Phi) is 3.19. The van der Waals surface area contributed by atoms with Crippen molar-refractivity contribution in [3.8, 4) is 0 Å². The van der Waals surface area contributed by atoms with Crippen LogP contribution in [0.1, 0.15) is 28.4 Å². The van der Waals surface area contributed by atoms with E-state index in [9.17, 15) is 4.79 Å². The molecule has 4 nitrogen and oxygen atoms in total. The lowest BCUT2D eigenvalue weighted by molar-refractivity contribution is 0.0527. The van der Waals surface area contributed by atoms with Crippen molar-refractivity contribution in [3.05, 3.63) is 35.0 Å². The summed E-state index contributed by atoms with van der Waals surface area (Å²) < 4.78 is 5.05. The number of nitrogens with zero attached hydrogens (tertiary/aromatic N) is 1. The van der Waals surface area contributed by atoms with E-state index in [2.05, 4.69) is 4.98 Å². The van der Waals surface area contributed by atoms with Gasteiger partial charge in [0.05, 0.1) is 23.4 Å². The number of aromatic nitrogens is 1. The van der Waals surface area contributed by atoms with Gasteiger partial charge in [-0.2, -0.15) is 0 Å². The molecule has 2 rings (SSSR count). The number of fused-ring (bicyclic) bond motifs is 1. The number of nitrogens with two attached hydrogens (primary N) is 1. The smallest absolute Gasteiger partial charge is 0.340 e. The van der Waals surface area contributed by atoms with Crippen LogP contribution in [-0.2, 0) is 4.74 Å². The third-order valence-corrected chi connectivity index (χ3v) is 3.14. The van der Waals surface area contributed by atoms with Crippen molar-refractivity contribution in [1.82, 2.24) is 4.98 Å². The summed E-state index contributed by atoms with van der Waals surface area (Å²) >= 11 is 0. The second-order valence-electron chi connectivity index (χ2n) is 4.16. The van der Waals surface area contributed by atoms with Gasteiger partial charge >= 0.3 is 5.97 Å². The number of nitrogen functional groups attached to an aromatic ring is 1. The monoisotopic (exact) mass is 244 g/mol. The van der Waals surface area contributed by atoms with Crippen LogP contribution < -0.4 is 5.73 Å². The van der Waals surface area contributed by atoms with Gasteiger partial charge < -0.3 is 10.5 Å². The topological polar surface area (TPSA) is 65.2 Å². The van der Waals surface area contributed by atoms with Gasteiger partial charge in [-0.25, -0.2) is 4.79 Å². The molecule has 1 aromatic heterocycles. The first-order valence-electron chi connectivity index (χ1n) is 5.88. The van der Waals surface area contributed by atoms with E-state index >= 15 is 0 Å². The van der Waals surface area contributed by atoms with Gasteiger partial charge in [-0.15, -0.1) is 0 Å². The second-order valence-corrected chi connectivity index (χ2v) is 4.16. The molecule has 0 aliphatic heterocycles. The highest BCUT2D eigenvalue weighted by molar-refractivity contribution is 6.07. The fourth-order valence-corrected chi connectivity index (χ4v) is 2.09. The average molecular weight is 244 g/mol. The van der Waals surface area contributed by atoms with Crippen molar-refractivity contribution in [1.29, 1.82) is 0 Å². The molecule has 0 radical (unpaired) electrons. The minimum atomic E-state index is -0.374. The molecule has 0 amide bonds. The molecular formula is C14H16N2O2. The predicted molar refractivity (Wildman–Crippen MR) is 71.6 cm³/mol. The fourth-order valence-electron chi connectivity index (χ4n) is 2.09. The molecule has 0 spiro atoms. The number of carbonyl (C=O) groups excluding carboxylic acids is 1. The summed E-state index contributed by atoms with van der Waals surface area (Å²) in [6, 6.07) is 3.68. The Labute approximate surface area is 106 Å². The van der Waals surface area contributed by atoms with Crippen molar-refractivity contribution < 1.29 is 9.53 Å². The Hall–Kier alpha value is -2.10. The summed E-state index contributed by atoms with van der Waals surface area (Å²) in [5.41, 5.74) is 9.60. The van der Waals surface area contributed by atoms with Crippen LogP contribution in [0.2, 0.25) is 0 Å². The number of pyridine rings is 1. The molecule has 0 unspecified atom stereocenters. The Morgan fingerprint density at radius 2 is 2.11 bits per heavy atom. The molecule has 2 N–H and O–H groups in total. The molecule has 1 heterocycles. The predicted octanol–water partition coefficient (Wildman–Crippen LogP) is 2.61. The number of esters is 1. The van der Waals surface area contributed by atoms with Crippen LogP contribution in [0.3, 0.4) is 0 Å². The highest BCUT2D eigenvalue weighted by atomic mass is 16.5. The molecule has 18 heavy (non-hydrogen) atoms. The van der Waals surface area contributed by atoms with Gasteiger partial charge in [0.15, 0.2) is 0 Å². The van der Waals surface area contributed by atoms with Crippen molar-refractivity contribution in [3.63, 3.8) is 0 Å². The van der Waals surface area contributed by atoms with Gasteiger partial charge in [0, 0.05) is 11.6 Å². The molecule has 0 atom stereocenters. The summed E-state index contributed by atoms with van der Waals surface area (Å²) in [5, 5.41) is 0.795. The maximum Gasteiger partial charge on any atom is 0.340 e. The first-order chi connectivity index (χ1) is 8.57. The van der Waals surface area contributed by atoms with Gasteiger partial charge in [0.1, 0.15) is 0 Å². The maximum atomic E-state index is 12.0. The van der Waals surface area contributed by atoms with Crippen LogP contribution >= 0.6 is 0 Å². The third-order valence-electron chi connectivity index (χ3n) is 3.14. The molecule has 0 fully saturated rings. The second kappa shape index (κ2) is 4.64. The lowest BCUT2D eigenvalue weighted by Crippen LogP contribution is -2.12. The minimum absolute atomic E-state index is 0.335. The lowest BCUT2D eigenvalue weighted by atomic mass is 9.97. The van der Waals surface area contributed by atoms with Crippen LogP contribution in [0.15, 0.2) is 18.3 Å². The highest BCUT2D eigenvalue weighted by Crippen LogP contribution is 2.30. The van der Waals surface area contributed by atoms with E-state index in [-0.39, 0.29) is 5.97 Å². The first kappa shape index (κ1) is 12.4. The quantitative estimate of drug-likeness (QED) is 0.651. The molecule has 0 saturated carbocycles. The van der Waals surface area contributed by atoms with E-state index in [0.717, 1.165) is 22.0 Å². The van der Waals surface area contributed by atoms with Gasteiger partial charge in [-0.1, -0.05) is 0 Å². The van der Waals surface area contributed by atoms with Crippen molar-refractivity contribution in [2.24, 2.45) is 0 Å². The normalized spacial score (nSPS) is 10.6. The summed E-state index contributed by atoms with van der Waals surface area (Å²) in [7, 11) is 0. The van der Waals surface area contributed by atoms with Gasteiger partial charge in [-0.05, 0) is 44.0 Å². The van der Waals surface area contributed by atoms with Crippen LogP contribution in [0, 0.1) is 13.8 Å². The number of hydrogen-bond acceptors (Lipinski definition) is 4. The minimum Gasteiger partial charge on any atom is -0.462 e. The average Bonchev–Trinajstić information content (AvgIpc) is 2.37. The van der Waals surface area contributed by atoms with E-state index in [4.69, 9.17) is 10.5 Å². The number of anilines is 1. The standard InChI is InChI=1S/C14H16N2O2/c1-4-18-14(17)11-8(2)9(3)13-10(12(11)15)6-5-7-16-13/h5-7H,4,15H2,1-3H3. The highest BCUT2D eigenvalue weighted by Gasteiger charge is 2.19. The van der Waals surface area contributed by atoms with Gasteiger partial charge in [-0.3, -0.25) is 4.98 Å². The Morgan fingerprint density at radius 3 is 2.78 bits per heavy atom. The van der Waals surface area contributed by atoms with Crippen LogP contribution in [0.5, 0.6) is 0 Å². The van der Waals surface area contributed by atoms with E-state index in [0.29, 0.717) is 17.9 Å². The number of aryl methyl sites for hydroxylation is 1. The zero-order valence-electron chi connectivity index (χ0n) is 10.8. The van der Waals surface area contributed by atoms with Crippen LogP contribution in [0.25, 0.3) is 10.9 Å². The zero-order valence-corrected chi connectivity index (χ0v) is 10.8. The maximum absolute atomic E-state index is 12.0. The summed E-state index contributed by atoms with van der Waals surface area (Å²) in [6.45, 7) is 5.92. The molecule has 0 bridgehead atoms. The molecule has 1 aromatic carbocycles. The molecule has 0 aliphatic rings. The van der Waals surface area contributed by atoms with E-state index in [1.54, 1.807) is 13.1 Å². The van der Waals surface area contributed by atoms with Gasteiger partial charge in [0.25, 0.3) is 0 Å². The van der Waals surface area contributed by atoms with Crippen LogP contribution in [-0.4, -0.2) is 17.6 Å². The first-order valence-corrected chi connectivity index (χ1v) is 5.88. The lowest BCUT2D eigenvalue weighted by Gasteiger charge is -2.14. The Balaban J connectivity index is 2.78. The molecule has 0 aliphatic carbocycles. The number of benzene rings is 1. The molecule has 2 aromatic rings. The molecule has 4 heteroatoms. The summed E-state index contributed by atoms with van der Waals surface area (Å²) in [5.74, 6) is -0.374. The largest absolute Gasteiger partial charge is 0.462 e. The van der Waals surface area contributed by atoms with Crippen molar-refractivity contribution in [2.75, 3.05) is 12.3 Å². The summed E-state index contributed by atoms with van der Waals surface area (Å²) in [6.07, 6.45) is 1.72. The number of carbonyl (C=O) groups is 1. The molecule has 0 saturated heterocycles. The zero-order chi connectivity index (χ0) is 13.3. The third kappa shape index (κ3) is 1.79. The number of ether oxygens (including phenoxy) is 1. The summed E-state index contributed by atoms with van der Waals surface area (Å²) in [4.78, 5) is 16.3. The van der Waals surface area contributed by atoms with Crippen molar-refractivity contribution in [2.45, 2.75) is 20.8 Å². The van der Waals surface area contributed by atoms with Crippen LogP contribution in [0.4, 0.5) is 5.69 Å². The van der Waals surface area contributed by atoms with E-state index in [1.807, 2.05) is 26.0 Å². The number of rotatable bonds is 2. The molecular weight excluding hydrogens is 228 g/mol. The fraction of sp³-hybridized carbons (Fsp3) is 0.286. The van der Waals surface area contributed by atoms with Crippen molar-refractivity contribution >= 4 is 22.6 Å². The van der Waals surface area contributed by atoms with E-state index in [1.165, 1.54) is 0 Å². The van der Waals surface area contributed by atoms with E-state index < -0.39 is 0 Å². The Bertz CT molecular complexity index is 621. The van der Waals surface area contributed by atoms with Gasteiger partial charge in [0.2, 0.25) is 0 Å². The SMILES string of the molecule is CCOC(=O)c1c(C)c(C)c2ncccc2c1N.